The third-order valence-electron chi connectivity index (χ3n) is 6.01. The summed E-state index contributed by atoms with van der Waals surface area (Å²) in [6, 6.07) is 14.8. The molecule has 0 spiro atoms. The van der Waals surface area contributed by atoms with Gasteiger partial charge in [-0.1, -0.05) is 30.3 Å². The molecule has 1 aliphatic heterocycles. The maximum Gasteiger partial charge on any atom is 0.223 e. The van der Waals surface area contributed by atoms with Gasteiger partial charge in [0, 0.05) is 31.6 Å². The number of benzene rings is 2. The van der Waals surface area contributed by atoms with Crippen molar-refractivity contribution >= 4 is 24.0 Å². The molecule has 2 unspecified atom stereocenters. The maximum absolute atomic E-state index is 11.9. The number of hydrogen-bond acceptors (Lipinski definition) is 4. The van der Waals surface area contributed by atoms with Crippen molar-refractivity contribution in [2.75, 3.05) is 24.6 Å². The predicted molar refractivity (Wildman–Crippen MR) is 122 cm³/mol. The molecule has 0 bridgehead atoms. The number of fused-ring (bicyclic) bond motifs is 2. The van der Waals surface area contributed by atoms with E-state index in [2.05, 4.69) is 29.6 Å². The molecule has 5 nitrogen and oxygen atoms in total. The monoisotopic (exact) mass is 430 g/mol. The number of carbonyl (C=O) groups is 1. The van der Waals surface area contributed by atoms with E-state index in [1.165, 1.54) is 11.1 Å². The lowest BCUT2D eigenvalue weighted by Gasteiger charge is -2.30. The van der Waals surface area contributed by atoms with Gasteiger partial charge >= 0.3 is 0 Å². The SMILES string of the molecule is CC(=O)N1CCCc2c(OCC(O)CNC3CCc4ccccc4C3)cccc21.Cl. The number of rotatable bonds is 6. The number of nitrogens with zero attached hydrogens (tertiary/aromatic N) is 1. The molecule has 2 atom stereocenters. The third kappa shape index (κ3) is 5.15. The molecular formula is C24H31ClN2O3. The Morgan fingerprint density at radius 2 is 2.00 bits per heavy atom. The molecule has 0 saturated heterocycles. The van der Waals surface area contributed by atoms with Gasteiger partial charge in [-0.25, -0.2) is 0 Å². The van der Waals surface area contributed by atoms with Crippen LogP contribution in [0.15, 0.2) is 42.5 Å². The van der Waals surface area contributed by atoms with Gasteiger partial charge < -0.3 is 20.1 Å². The van der Waals surface area contributed by atoms with Crippen LogP contribution in [0.4, 0.5) is 5.69 Å². The lowest BCUT2D eigenvalue weighted by molar-refractivity contribution is -0.116. The van der Waals surface area contributed by atoms with Crippen molar-refractivity contribution < 1.29 is 14.6 Å². The second-order valence-corrected chi connectivity index (χ2v) is 8.11. The first kappa shape index (κ1) is 22.6. The third-order valence-corrected chi connectivity index (χ3v) is 6.01. The minimum Gasteiger partial charge on any atom is -0.490 e. The molecule has 0 saturated carbocycles. The largest absolute Gasteiger partial charge is 0.490 e. The summed E-state index contributed by atoms with van der Waals surface area (Å²) in [6.07, 6.45) is 4.44. The molecule has 162 valence electrons. The molecule has 1 heterocycles. The standard InChI is InChI=1S/C24H30N2O3.ClH/c1-17(27)26-13-5-8-22-23(26)9-4-10-24(22)29-16-21(28)15-25-20-12-11-18-6-2-3-7-19(18)14-20;/h2-4,6-7,9-10,20-21,25,28H,5,8,11-16H2,1H3;1H. The lowest BCUT2D eigenvalue weighted by Crippen LogP contribution is -2.41. The highest BCUT2D eigenvalue weighted by molar-refractivity contribution is 5.93. The van der Waals surface area contributed by atoms with E-state index in [0.717, 1.165) is 55.6 Å². The van der Waals surface area contributed by atoms with Crippen LogP contribution in [-0.4, -0.2) is 42.9 Å². The van der Waals surface area contributed by atoms with Crippen LogP contribution in [0.25, 0.3) is 0 Å². The Labute approximate surface area is 184 Å². The number of halogens is 1. The first-order chi connectivity index (χ1) is 14.1. The van der Waals surface area contributed by atoms with E-state index in [9.17, 15) is 9.90 Å². The van der Waals surface area contributed by atoms with Crippen LogP contribution in [0.2, 0.25) is 0 Å². The van der Waals surface area contributed by atoms with Crippen LogP contribution in [0.1, 0.15) is 36.5 Å². The summed E-state index contributed by atoms with van der Waals surface area (Å²) in [5, 5.41) is 13.9. The number of hydrogen-bond donors (Lipinski definition) is 2. The molecule has 4 rings (SSSR count). The van der Waals surface area contributed by atoms with E-state index in [4.69, 9.17) is 4.74 Å². The highest BCUT2D eigenvalue weighted by Gasteiger charge is 2.23. The van der Waals surface area contributed by atoms with Crippen LogP contribution in [-0.2, 0) is 24.1 Å². The fourth-order valence-electron chi connectivity index (χ4n) is 4.47. The van der Waals surface area contributed by atoms with Crippen LogP contribution in [0, 0.1) is 0 Å². The minimum atomic E-state index is -0.574. The van der Waals surface area contributed by atoms with Crippen LogP contribution in [0.5, 0.6) is 5.75 Å². The maximum atomic E-state index is 11.9. The molecular weight excluding hydrogens is 400 g/mol. The van der Waals surface area contributed by atoms with E-state index < -0.39 is 6.10 Å². The normalized spacial score (nSPS) is 18.6. The molecule has 1 amide bonds. The average molecular weight is 431 g/mol. The van der Waals surface area contributed by atoms with Crippen molar-refractivity contribution in [2.24, 2.45) is 0 Å². The van der Waals surface area contributed by atoms with E-state index in [1.54, 1.807) is 6.92 Å². The summed E-state index contributed by atoms with van der Waals surface area (Å²) in [5.41, 5.74) is 4.86. The molecule has 2 aliphatic rings. The first-order valence-corrected chi connectivity index (χ1v) is 10.6. The van der Waals surface area contributed by atoms with Crippen LogP contribution >= 0.6 is 12.4 Å². The van der Waals surface area contributed by atoms with Gasteiger partial charge in [0.05, 0.1) is 5.69 Å². The number of nitrogens with one attached hydrogen (secondary N) is 1. The number of aryl methyl sites for hydroxylation is 1. The molecule has 6 heteroatoms. The smallest absolute Gasteiger partial charge is 0.223 e. The molecule has 2 aromatic rings. The first-order valence-electron chi connectivity index (χ1n) is 10.6. The fraction of sp³-hybridized carbons (Fsp3) is 0.458. The second kappa shape index (κ2) is 10.3. The second-order valence-electron chi connectivity index (χ2n) is 8.11. The Kier molecular flexibility index (Phi) is 7.75. The number of aliphatic hydroxyl groups excluding tert-OH is 1. The summed E-state index contributed by atoms with van der Waals surface area (Å²) in [7, 11) is 0. The highest BCUT2D eigenvalue weighted by Crippen LogP contribution is 2.34. The summed E-state index contributed by atoms with van der Waals surface area (Å²) >= 11 is 0. The van der Waals surface area contributed by atoms with Gasteiger partial charge in [-0.3, -0.25) is 4.79 Å². The van der Waals surface area contributed by atoms with Crippen molar-refractivity contribution in [3.05, 3.63) is 59.2 Å². The van der Waals surface area contributed by atoms with E-state index in [1.807, 2.05) is 23.1 Å². The topological polar surface area (TPSA) is 61.8 Å². The molecule has 0 aromatic heterocycles. The van der Waals surface area contributed by atoms with Gasteiger partial charge in [0.2, 0.25) is 5.91 Å². The molecule has 0 radical (unpaired) electrons. The average Bonchev–Trinajstić information content (AvgIpc) is 2.75. The van der Waals surface area contributed by atoms with Crippen molar-refractivity contribution in [1.29, 1.82) is 0 Å². The zero-order chi connectivity index (χ0) is 20.2. The van der Waals surface area contributed by atoms with Crippen molar-refractivity contribution in [3.63, 3.8) is 0 Å². The summed E-state index contributed by atoms with van der Waals surface area (Å²) in [6.45, 7) is 3.11. The molecule has 2 N–H and O–H groups in total. The van der Waals surface area contributed by atoms with Crippen molar-refractivity contribution in [2.45, 2.75) is 51.2 Å². The van der Waals surface area contributed by atoms with Gasteiger partial charge in [0.15, 0.2) is 0 Å². The Morgan fingerprint density at radius 3 is 2.80 bits per heavy atom. The molecule has 30 heavy (non-hydrogen) atoms. The van der Waals surface area contributed by atoms with Gasteiger partial charge in [0.25, 0.3) is 0 Å². The van der Waals surface area contributed by atoms with Gasteiger partial charge in [-0.05, 0) is 55.4 Å². The summed E-state index contributed by atoms with van der Waals surface area (Å²) in [4.78, 5) is 13.7. The quantitative estimate of drug-likeness (QED) is 0.738. The Balaban J connectivity index is 0.00000256. The van der Waals surface area contributed by atoms with E-state index in [-0.39, 0.29) is 24.9 Å². The summed E-state index contributed by atoms with van der Waals surface area (Å²) < 4.78 is 5.96. The molecule has 2 aromatic carbocycles. The van der Waals surface area contributed by atoms with Crippen molar-refractivity contribution in [1.82, 2.24) is 5.32 Å². The fourth-order valence-corrected chi connectivity index (χ4v) is 4.47. The number of carbonyl (C=O) groups excluding carboxylic acids is 1. The Morgan fingerprint density at radius 1 is 1.20 bits per heavy atom. The van der Waals surface area contributed by atoms with Crippen LogP contribution in [0.3, 0.4) is 0 Å². The minimum absolute atomic E-state index is 0. The van der Waals surface area contributed by atoms with E-state index in [0.29, 0.717) is 12.6 Å². The predicted octanol–water partition coefficient (Wildman–Crippen LogP) is 3.29. The molecule has 1 aliphatic carbocycles. The zero-order valence-corrected chi connectivity index (χ0v) is 18.3. The number of amides is 1. The number of aliphatic hydroxyl groups is 1. The van der Waals surface area contributed by atoms with Gasteiger partial charge in [-0.2, -0.15) is 0 Å². The van der Waals surface area contributed by atoms with Gasteiger partial charge in [0.1, 0.15) is 18.5 Å². The number of ether oxygens (including phenoxy) is 1. The van der Waals surface area contributed by atoms with E-state index >= 15 is 0 Å². The highest BCUT2D eigenvalue weighted by atomic mass is 35.5. The molecule has 0 fully saturated rings. The Hall–Kier alpha value is -2.08. The van der Waals surface area contributed by atoms with Crippen LogP contribution < -0.4 is 15.0 Å². The van der Waals surface area contributed by atoms with Crippen molar-refractivity contribution in [3.8, 4) is 5.75 Å². The number of anilines is 1. The summed E-state index contributed by atoms with van der Waals surface area (Å²) in [5.74, 6) is 0.834. The van der Waals surface area contributed by atoms with Gasteiger partial charge in [-0.15, -0.1) is 12.4 Å². The zero-order valence-electron chi connectivity index (χ0n) is 17.5. The lowest BCUT2D eigenvalue weighted by atomic mass is 9.88. The Bertz CT molecular complexity index is 873.